The number of para-hydroxylation sites is 1. The van der Waals surface area contributed by atoms with E-state index in [-0.39, 0.29) is 18.3 Å². The molecule has 6 heteroatoms. The van der Waals surface area contributed by atoms with Crippen LogP contribution in [0.1, 0.15) is 18.4 Å². The second kappa shape index (κ2) is 9.29. The second-order valence-electron chi connectivity index (χ2n) is 6.60. The van der Waals surface area contributed by atoms with Crippen molar-refractivity contribution in [1.82, 2.24) is 15.2 Å². The van der Waals surface area contributed by atoms with E-state index in [4.69, 9.17) is 4.74 Å². The molecule has 1 fully saturated rings. The van der Waals surface area contributed by atoms with E-state index in [9.17, 15) is 9.18 Å². The van der Waals surface area contributed by atoms with Crippen molar-refractivity contribution in [1.29, 1.82) is 0 Å². The van der Waals surface area contributed by atoms with Crippen LogP contribution >= 0.6 is 0 Å². The Hall–Kier alpha value is -2.47. The van der Waals surface area contributed by atoms with Gasteiger partial charge in [-0.2, -0.15) is 0 Å². The first-order valence-electron chi connectivity index (χ1n) is 8.96. The number of nitrogens with zero attached hydrogens (tertiary/aromatic N) is 2. The van der Waals surface area contributed by atoms with Gasteiger partial charge in [0.05, 0.1) is 0 Å². The van der Waals surface area contributed by atoms with Gasteiger partial charge in [-0.1, -0.05) is 18.2 Å². The molecule has 3 rings (SSSR count). The SMILES string of the molecule is O=C(COc1ccccc1F)NCC1CCN(Cc2cccnc2)CC1. The maximum absolute atomic E-state index is 13.4. The molecule has 0 saturated carbocycles. The van der Waals surface area contributed by atoms with Gasteiger partial charge in [-0.25, -0.2) is 4.39 Å². The summed E-state index contributed by atoms with van der Waals surface area (Å²) in [5.41, 5.74) is 1.23. The van der Waals surface area contributed by atoms with E-state index in [1.807, 2.05) is 12.3 Å². The van der Waals surface area contributed by atoms with E-state index in [0.29, 0.717) is 12.5 Å². The predicted octanol–water partition coefficient (Wildman–Crippen LogP) is 2.63. The highest BCUT2D eigenvalue weighted by molar-refractivity contribution is 5.77. The fourth-order valence-electron chi connectivity index (χ4n) is 3.11. The van der Waals surface area contributed by atoms with Crippen molar-refractivity contribution in [3.63, 3.8) is 0 Å². The number of pyridine rings is 1. The Morgan fingerprint density at radius 1 is 1.23 bits per heavy atom. The summed E-state index contributed by atoms with van der Waals surface area (Å²) in [4.78, 5) is 18.5. The summed E-state index contributed by atoms with van der Waals surface area (Å²) in [5.74, 6) is -0.101. The Labute approximate surface area is 153 Å². The predicted molar refractivity (Wildman–Crippen MR) is 97.1 cm³/mol. The van der Waals surface area contributed by atoms with Crippen LogP contribution in [-0.2, 0) is 11.3 Å². The van der Waals surface area contributed by atoms with E-state index in [2.05, 4.69) is 21.3 Å². The van der Waals surface area contributed by atoms with Gasteiger partial charge in [0.2, 0.25) is 0 Å². The van der Waals surface area contributed by atoms with Gasteiger partial charge in [-0.15, -0.1) is 0 Å². The minimum Gasteiger partial charge on any atom is -0.481 e. The largest absolute Gasteiger partial charge is 0.481 e. The molecule has 0 unspecified atom stereocenters. The van der Waals surface area contributed by atoms with Gasteiger partial charge >= 0.3 is 0 Å². The number of amides is 1. The van der Waals surface area contributed by atoms with Crippen LogP contribution in [0.25, 0.3) is 0 Å². The van der Waals surface area contributed by atoms with Crippen LogP contribution in [0.2, 0.25) is 0 Å². The van der Waals surface area contributed by atoms with Crippen molar-refractivity contribution in [3.05, 3.63) is 60.2 Å². The smallest absolute Gasteiger partial charge is 0.257 e. The Kier molecular flexibility index (Phi) is 6.55. The van der Waals surface area contributed by atoms with E-state index in [0.717, 1.165) is 32.5 Å². The molecule has 0 bridgehead atoms. The van der Waals surface area contributed by atoms with E-state index < -0.39 is 5.82 Å². The maximum Gasteiger partial charge on any atom is 0.257 e. The fourth-order valence-corrected chi connectivity index (χ4v) is 3.11. The molecule has 1 N–H and O–H groups in total. The molecule has 1 aromatic heterocycles. The first-order valence-corrected chi connectivity index (χ1v) is 8.96. The molecule has 0 aliphatic carbocycles. The van der Waals surface area contributed by atoms with Gasteiger partial charge in [-0.3, -0.25) is 14.7 Å². The van der Waals surface area contributed by atoms with Crippen molar-refractivity contribution in [2.45, 2.75) is 19.4 Å². The molecule has 26 heavy (non-hydrogen) atoms. The number of halogens is 1. The van der Waals surface area contributed by atoms with E-state index >= 15 is 0 Å². The molecule has 1 aliphatic heterocycles. The third-order valence-electron chi connectivity index (χ3n) is 4.62. The van der Waals surface area contributed by atoms with Gasteiger partial charge in [0.15, 0.2) is 18.2 Å². The lowest BCUT2D eigenvalue weighted by atomic mass is 9.96. The zero-order valence-corrected chi connectivity index (χ0v) is 14.7. The quantitative estimate of drug-likeness (QED) is 0.828. The Morgan fingerprint density at radius 3 is 2.77 bits per heavy atom. The highest BCUT2D eigenvalue weighted by atomic mass is 19.1. The summed E-state index contributed by atoms with van der Waals surface area (Å²) in [6.07, 6.45) is 5.79. The third kappa shape index (κ3) is 5.52. The Morgan fingerprint density at radius 2 is 2.04 bits per heavy atom. The molecule has 1 amide bonds. The van der Waals surface area contributed by atoms with Crippen molar-refractivity contribution < 1.29 is 13.9 Å². The van der Waals surface area contributed by atoms with Crippen molar-refractivity contribution >= 4 is 5.91 Å². The van der Waals surface area contributed by atoms with Gasteiger partial charge in [0, 0.05) is 25.5 Å². The minimum absolute atomic E-state index is 0.103. The van der Waals surface area contributed by atoms with Crippen LogP contribution in [0.3, 0.4) is 0 Å². The summed E-state index contributed by atoms with van der Waals surface area (Å²) in [7, 11) is 0. The molecule has 1 aliphatic rings. The first-order chi connectivity index (χ1) is 12.7. The molecule has 1 saturated heterocycles. The summed E-state index contributed by atoms with van der Waals surface area (Å²) in [6.45, 7) is 3.42. The lowest BCUT2D eigenvalue weighted by Crippen LogP contribution is -2.39. The van der Waals surface area contributed by atoms with Crippen LogP contribution in [0, 0.1) is 11.7 Å². The summed E-state index contributed by atoms with van der Waals surface area (Å²) >= 11 is 0. The Balaban J connectivity index is 1.33. The number of nitrogens with one attached hydrogen (secondary N) is 1. The van der Waals surface area contributed by atoms with Gasteiger partial charge in [0.1, 0.15) is 0 Å². The van der Waals surface area contributed by atoms with Crippen LogP contribution in [0.4, 0.5) is 4.39 Å². The molecule has 5 nitrogen and oxygen atoms in total. The number of rotatable bonds is 7. The number of carbonyl (C=O) groups excluding carboxylic acids is 1. The average Bonchev–Trinajstić information content (AvgIpc) is 2.68. The van der Waals surface area contributed by atoms with Crippen LogP contribution in [0.15, 0.2) is 48.8 Å². The lowest BCUT2D eigenvalue weighted by molar-refractivity contribution is -0.123. The zero-order valence-electron chi connectivity index (χ0n) is 14.7. The van der Waals surface area contributed by atoms with Crippen molar-refractivity contribution in [3.8, 4) is 5.75 Å². The standard InChI is InChI=1S/C20H24FN3O2/c21-18-5-1-2-6-19(18)26-15-20(25)23-13-16-7-10-24(11-8-16)14-17-4-3-9-22-12-17/h1-6,9,12,16H,7-8,10-11,13-15H2,(H,23,25). The summed E-state index contributed by atoms with van der Waals surface area (Å²) in [6, 6.07) is 10.1. The highest BCUT2D eigenvalue weighted by Crippen LogP contribution is 2.18. The van der Waals surface area contributed by atoms with Crippen molar-refractivity contribution in [2.24, 2.45) is 5.92 Å². The Bertz CT molecular complexity index is 703. The molecule has 0 atom stereocenters. The molecule has 2 heterocycles. The number of ether oxygens (including phenoxy) is 1. The van der Waals surface area contributed by atoms with Gasteiger partial charge in [0.25, 0.3) is 5.91 Å². The average molecular weight is 357 g/mol. The second-order valence-corrected chi connectivity index (χ2v) is 6.60. The number of hydrogen-bond acceptors (Lipinski definition) is 4. The first kappa shape index (κ1) is 18.3. The van der Waals surface area contributed by atoms with E-state index in [1.165, 1.54) is 17.7 Å². The molecular weight excluding hydrogens is 333 g/mol. The van der Waals surface area contributed by atoms with E-state index in [1.54, 1.807) is 18.3 Å². The summed E-state index contributed by atoms with van der Waals surface area (Å²) in [5, 5.41) is 2.89. The number of likely N-dealkylation sites (tertiary alicyclic amines) is 1. The third-order valence-corrected chi connectivity index (χ3v) is 4.62. The van der Waals surface area contributed by atoms with Crippen LogP contribution in [0.5, 0.6) is 5.75 Å². The molecule has 0 radical (unpaired) electrons. The van der Waals surface area contributed by atoms with Crippen molar-refractivity contribution in [2.75, 3.05) is 26.2 Å². The summed E-state index contributed by atoms with van der Waals surface area (Å²) < 4.78 is 18.7. The number of piperidine rings is 1. The van der Waals surface area contributed by atoms with Gasteiger partial charge < -0.3 is 10.1 Å². The fraction of sp³-hybridized carbons (Fsp3) is 0.400. The van der Waals surface area contributed by atoms with Crippen LogP contribution < -0.4 is 10.1 Å². The highest BCUT2D eigenvalue weighted by Gasteiger charge is 2.20. The molecular formula is C20H24FN3O2. The monoisotopic (exact) mass is 357 g/mol. The number of aromatic nitrogens is 1. The normalized spacial score (nSPS) is 15.6. The molecule has 2 aromatic rings. The number of hydrogen-bond donors (Lipinski definition) is 1. The minimum atomic E-state index is -0.457. The molecule has 138 valence electrons. The number of carbonyl (C=O) groups is 1. The maximum atomic E-state index is 13.4. The topological polar surface area (TPSA) is 54.5 Å². The van der Waals surface area contributed by atoms with Crippen LogP contribution in [-0.4, -0.2) is 42.0 Å². The molecule has 1 aromatic carbocycles. The zero-order chi connectivity index (χ0) is 18.2. The number of benzene rings is 1. The lowest BCUT2D eigenvalue weighted by Gasteiger charge is -2.31. The van der Waals surface area contributed by atoms with Gasteiger partial charge in [-0.05, 0) is 55.6 Å². The molecule has 0 spiro atoms.